The van der Waals surface area contributed by atoms with E-state index >= 15 is 0 Å². The third kappa shape index (κ3) is 2.50. The Labute approximate surface area is 131 Å². The molecular weight excluding hydrogens is 332 g/mol. The van der Waals surface area contributed by atoms with Crippen LogP contribution < -0.4 is 10.7 Å². The van der Waals surface area contributed by atoms with E-state index in [4.69, 9.17) is 0 Å². The molecule has 0 radical (unpaired) electrons. The molecule has 1 aliphatic heterocycles. The quantitative estimate of drug-likeness (QED) is 0.863. The van der Waals surface area contributed by atoms with Crippen molar-refractivity contribution in [2.24, 2.45) is 0 Å². The second-order valence-electron chi connectivity index (χ2n) is 5.39. The van der Waals surface area contributed by atoms with Crippen molar-refractivity contribution in [2.75, 3.05) is 6.54 Å². The molecule has 2 heterocycles. The maximum Gasteiger partial charge on any atom is 0.256 e. The van der Waals surface area contributed by atoms with E-state index in [1.165, 1.54) is 0 Å². The zero-order valence-corrected chi connectivity index (χ0v) is 13.5. The molecule has 5 heteroatoms. The number of rotatable bonds is 4. The van der Waals surface area contributed by atoms with Crippen molar-refractivity contribution in [1.82, 2.24) is 9.88 Å². The molecule has 110 valence electrons. The molecule has 1 aromatic heterocycles. The number of halogens is 1. The summed E-state index contributed by atoms with van der Waals surface area (Å²) in [5.74, 6) is -0.271. The van der Waals surface area contributed by atoms with E-state index in [1.807, 2.05) is 16.7 Å². The lowest BCUT2D eigenvalue weighted by atomic mass is 10.1. The average molecular weight is 349 g/mol. The Morgan fingerprint density at radius 2 is 2.24 bits per heavy atom. The van der Waals surface area contributed by atoms with Gasteiger partial charge < -0.3 is 9.88 Å². The molecule has 4 nitrogen and oxygen atoms in total. The van der Waals surface area contributed by atoms with Gasteiger partial charge in [0.25, 0.3) is 5.91 Å². The first kappa shape index (κ1) is 14.3. The van der Waals surface area contributed by atoms with Crippen molar-refractivity contribution >= 4 is 32.7 Å². The Morgan fingerprint density at radius 3 is 3.00 bits per heavy atom. The highest BCUT2D eigenvalue weighted by Crippen LogP contribution is 2.28. The third-order valence-electron chi connectivity index (χ3n) is 3.90. The first-order valence-electron chi connectivity index (χ1n) is 7.25. The van der Waals surface area contributed by atoms with Gasteiger partial charge in [-0.15, -0.1) is 0 Å². The summed E-state index contributed by atoms with van der Waals surface area (Å²) in [7, 11) is 0. The van der Waals surface area contributed by atoms with Crippen molar-refractivity contribution in [3.63, 3.8) is 0 Å². The number of hydrogen-bond donors (Lipinski definition) is 1. The topological polar surface area (TPSA) is 51.1 Å². The minimum atomic E-state index is -0.271. The molecule has 1 aliphatic rings. The predicted octanol–water partition coefficient (Wildman–Crippen LogP) is 2.85. The Balaban J connectivity index is 2.09. The zero-order chi connectivity index (χ0) is 15.0. The highest BCUT2D eigenvalue weighted by molar-refractivity contribution is 9.10. The summed E-state index contributed by atoms with van der Waals surface area (Å²) in [6.45, 7) is 3.49. The minimum Gasteiger partial charge on any atom is -0.352 e. The third-order valence-corrected chi connectivity index (χ3v) is 4.36. The number of aryl methyl sites for hydroxylation is 2. The van der Waals surface area contributed by atoms with Crippen molar-refractivity contribution in [3.8, 4) is 0 Å². The minimum absolute atomic E-state index is 0.181. The van der Waals surface area contributed by atoms with Crippen LogP contribution in [0, 0.1) is 0 Å². The number of unbranched alkanes of at least 4 members (excludes halogenated alkanes) is 1. The van der Waals surface area contributed by atoms with Gasteiger partial charge in [-0.2, -0.15) is 0 Å². The molecule has 1 amide bonds. The first-order chi connectivity index (χ1) is 10.1. The molecule has 0 saturated heterocycles. The number of carbonyl (C=O) groups is 1. The fourth-order valence-electron chi connectivity index (χ4n) is 2.84. The summed E-state index contributed by atoms with van der Waals surface area (Å²) in [4.78, 5) is 24.8. The second-order valence-corrected chi connectivity index (χ2v) is 6.30. The molecule has 21 heavy (non-hydrogen) atoms. The fraction of sp³-hybridized carbons (Fsp3) is 0.375. The molecule has 1 N–H and O–H groups in total. The van der Waals surface area contributed by atoms with Crippen LogP contribution in [-0.4, -0.2) is 17.0 Å². The number of amides is 1. The van der Waals surface area contributed by atoms with Crippen LogP contribution in [0.1, 0.15) is 35.7 Å². The van der Waals surface area contributed by atoms with Crippen molar-refractivity contribution < 1.29 is 4.79 Å². The molecule has 0 unspecified atom stereocenters. The first-order valence-corrected chi connectivity index (χ1v) is 8.05. The second kappa shape index (κ2) is 5.64. The fourth-order valence-corrected chi connectivity index (χ4v) is 3.34. The molecule has 0 spiro atoms. The van der Waals surface area contributed by atoms with E-state index in [1.54, 1.807) is 6.20 Å². The molecule has 0 saturated carbocycles. The summed E-state index contributed by atoms with van der Waals surface area (Å²) in [6.07, 6.45) is 4.54. The molecular formula is C16H17BrN2O2. The number of nitrogens with zero attached hydrogens (tertiary/aromatic N) is 1. The lowest BCUT2D eigenvalue weighted by Gasteiger charge is -2.09. The smallest absolute Gasteiger partial charge is 0.256 e. The van der Waals surface area contributed by atoms with Crippen LogP contribution in [0.15, 0.2) is 27.6 Å². The van der Waals surface area contributed by atoms with Gasteiger partial charge in [-0.3, -0.25) is 9.59 Å². The molecule has 2 aromatic rings. The van der Waals surface area contributed by atoms with E-state index in [9.17, 15) is 9.59 Å². The van der Waals surface area contributed by atoms with Crippen LogP contribution in [0.3, 0.4) is 0 Å². The number of nitrogens with one attached hydrogen (secondary N) is 1. The van der Waals surface area contributed by atoms with E-state index in [2.05, 4.69) is 28.2 Å². The van der Waals surface area contributed by atoms with E-state index < -0.39 is 0 Å². The van der Waals surface area contributed by atoms with Crippen LogP contribution >= 0.6 is 15.9 Å². The Bertz CT molecular complexity index is 780. The van der Waals surface area contributed by atoms with Crippen LogP contribution in [-0.2, 0) is 13.0 Å². The SMILES string of the molecule is CCCCNC(=O)c1cn2c3c(cc(Br)cc3c1=O)CC2. The normalized spacial score (nSPS) is 12.9. The van der Waals surface area contributed by atoms with Gasteiger partial charge in [0.05, 0.1) is 5.52 Å². The Hall–Kier alpha value is -1.62. The molecule has 0 atom stereocenters. The molecule has 1 aromatic carbocycles. The van der Waals surface area contributed by atoms with E-state index in [0.29, 0.717) is 11.9 Å². The Morgan fingerprint density at radius 1 is 1.43 bits per heavy atom. The molecule has 3 rings (SSSR count). The monoisotopic (exact) mass is 348 g/mol. The maximum absolute atomic E-state index is 12.6. The Kier molecular flexibility index (Phi) is 3.85. The lowest BCUT2D eigenvalue weighted by molar-refractivity contribution is 0.0951. The van der Waals surface area contributed by atoms with Gasteiger partial charge in [-0.1, -0.05) is 29.3 Å². The summed E-state index contributed by atoms with van der Waals surface area (Å²) in [6, 6.07) is 3.86. The highest BCUT2D eigenvalue weighted by Gasteiger charge is 2.20. The van der Waals surface area contributed by atoms with Crippen LogP contribution in [0.4, 0.5) is 0 Å². The van der Waals surface area contributed by atoms with Crippen molar-refractivity contribution in [3.05, 3.63) is 44.2 Å². The average Bonchev–Trinajstić information content (AvgIpc) is 2.86. The molecule has 0 bridgehead atoms. The van der Waals surface area contributed by atoms with E-state index in [-0.39, 0.29) is 16.9 Å². The molecule has 0 fully saturated rings. The van der Waals surface area contributed by atoms with E-state index in [0.717, 1.165) is 41.4 Å². The zero-order valence-electron chi connectivity index (χ0n) is 11.9. The summed E-state index contributed by atoms with van der Waals surface area (Å²) in [5.41, 5.74) is 2.19. The summed E-state index contributed by atoms with van der Waals surface area (Å²) in [5, 5.41) is 3.45. The molecule has 0 aliphatic carbocycles. The van der Waals surface area contributed by atoms with Gasteiger partial charge in [-0.05, 0) is 30.5 Å². The summed E-state index contributed by atoms with van der Waals surface area (Å²) < 4.78 is 2.91. The van der Waals surface area contributed by atoms with Crippen LogP contribution in [0.25, 0.3) is 10.9 Å². The van der Waals surface area contributed by atoms with Gasteiger partial charge >= 0.3 is 0 Å². The van der Waals surface area contributed by atoms with Gasteiger partial charge in [0.1, 0.15) is 5.56 Å². The number of carbonyl (C=O) groups excluding carboxylic acids is 1. The maximum atomic E-state index is 12.6. The van der Waals surface area contributed by atoms with Crippen LogP contribution in [0.5, 0.6) is 0 Å². The van der Waals surface area contributed by atoms with Gasteiger partial charge in [0.15, 0.2) is 0 Å². The van der Waals surface area contributed by atoms with Crippen molar-refractivity contribution in [2.45, 2.75) is 32.7 Å². The number of hydrogen-bond acceptors (Lipinski definition) is 2. The van der Waals surface area contributed by atoms with Crippen LogP contribution in [0.2, 0.25) is 0 Å². The largest absolute Gasteiger partial charge is 0.352 e. The van der Waals surface area contributed by atoms with Gasteiger partial charge in [0.2, 0.25) is 5.43 Å². The standard InChI is InChI=1S/C16H17BrN2O2/c1-2-3-5-18-16(21)13-9-19-6-4-10-7-11(17)8-12(14(10)19)15(13)20/h7-9H,2-6H2,1H3,(H,18,21). The van der Waals surface area contributed by atoms with Gasteiger partial charge in [-0.25, -0.2) is 0 Å². The van der Waals surface area contributed by atoms with Crippen molar-refractivity contribution in [1.29, 1.82) is 0 Å². The van der Waals surface area contributed by atoms with Gasteiger partial charge in [0, 0.05) is 29.1 Å². The number of aromatic nitrogens is 1. The number of benzene rings is 1. The lowest BCUT2D eigenvalue weighted by Crippen LogP contribution is -2.30. The number of pyridine rings is 1. The summed E-state index contributed by atoms with van der Waals surface area (Å²) >= 11 is 3.45. The predicted molar refractivity (Wildman–Crippen MR) is 86.9 cm³/mol. The highest BCUT2D eigenvalue weighted by atomic mass is 79.9.